The van der Waals surface area contributed by atoms with E-state index in [0.717, 1.165) is 56.6 Å². The van der Waals surface area contributed by atoms with Gasteiger partial charge < -0.3 is 19.5 Å². The van der Waals surface area contributed by atoms with Crippen LogP contribution in [0.5, 0.6) is 5.75 Å². The first-order chi connectivity index (χ1) is 12.7. The van der Waals surface area contributed by atoms with Gasteiger partial charge in [0, 0.05) is 31.6 Å². The molecule has 1 aliphatic carbocycles. The zero-order valence-corrected chi connectivity index (χ0v) is 15.4. The van der Waals surface area contributed by atoms with Gasteiger partial charge in [-0.3, -0.25) is 4.79 Å². The largest absolute Gasteiger partial charge is 0.487 e. The predicted molar refractivity (Wildman–Crippen MR) is 98.2 cm³/mol. The van der Waals surface area contributed by atoms with Gasteiger partial charge in [-0.2, -0.15) is 0 Å². The molecule has 2 heterocycles. The number of carbonyl (C=O) groups is 1. The molecule has 1 saturated heterocycles. The van der Waals surface area contributed by atoms with Gasteiger partial charge in [0.2, 0.25) is 5.91 Å². The normalized spacial score (nSPS) is 24.8. The van der Waals surface area contributed by atoms with Crippen LogP contribution in [0, 0.1) is 0 Å². The van der Waals surface area contributed by atoms with Crippen molar-refractivity contribution in [2.45, 2.75) is 69.1 Å². The Morgan fingerprint density at radius 2 is 1.96 bits per heavy atom. The van der Waals surface area contributed by atoms with Crippen LogP contribution in [-0.2, 0) is 14.3 Å². The molecule has 1 atom stereocenters. The lowest BCUT2D eigenvalue weighted by atomic mass is 9.86. The van der Waals surface area contributed by atoms with Crippen LogP contribution >= 0.6 is 0 Å². The number of benzene rings is 1. The highest BCUT2D eigenvalue weighted by molar-refractivity contribution is 5.76. The molecule has 3 aliphatic rings. The van der Waals surface area contributed by atoms with Gasteiger partial charge >= 0.3 is 0 Å². The van der Waals surface area contributed by atoms with Crippen molar-refractivity contribution in [3.8, 4) is 5.75 Å². The Morgan fingerprint density at radius 3 is 2.77 bits per heavy atom. The van der Waals surface area contributed by atoms with Crippen molar-refractivity contribution in [1.29, 1.82) is 0 Å². The number of fused-ring (bicyclic) bond motifs is 1. The molecule has 1 amide bonds. The van der Waals surface area contributed by atoms with Gasteiger partial charge in [0.05, 0.1) is 18.8 Å². The molecule has 1 unspecified atom stereocenters. The minimum atomic E-state index is -0.0924. The van der Waals surface area contributed by atoms with Crippen molar-refractivity contribution >= 4 is 5.91 Å². The maximum atomic E-state index is 12.5. The second-order valence-electron chi connectivity index (χ2n) is 7.79. The summed E-state index contributed by atoms with van der Waals surface area (Å²) >= 11 is 0. The quantitative estimate of drug-likeness (QED) is 0.874. The molecule has 2 aliphatic heterocycles. The summed E-state index contributed by atoms with van der Waals surface area (Å²) < 4.78 is 17.5. The van der Waals surface area contributed by atoms with Crippen LogP contribution in [0.3, 0.4) is 0 Å². The fourth-order valence-electron chi connectivity index (χ4n) is 4.50. The zero-order valence-electron chi connectivity index (χ0n) is 15.4. The Morgan fingerprint density at radius 1 is 1.19 bits per heavy atom. The van der Waals surface area contributed by atoms with Crippen molar-refractivity contribution in [2.75, 3.05) is 19.8 Å². The van der Waals surface area contributed by atoms with Crippen LogP contribution in [0.4, 0.5) is 0 Å². The highest BCUT2D eigenvalue weighted by atomic mass is 16.5. The van der Waals surface area contributed by atoms with Crippen molar-refractivity contribution in [3.05, 3.63) is 29.8 Å². The number of amides is 1. The third-order valence-corrected chi connectivity index (χ3v) is 5.90. The van der Waals surface area contributed by atoms with Crippen LogP contribution in [0.1, 0.15) is 63.0 Å². The number of hydrogen-bond acceptors (Lipinski definition) is 4. The van der Waals surface area contributed by atoms with Gasteiger partial charge in [0.1, 0.15) is 11.4 Å². The fraction of sp³-hybridized carbons (Fsp3) is 0.667. The molecular formula is C21H29NO4. The standard InChI is InChI=1S/C21H29NO4/c23-20(9-14-25-16-7-12-24-13-8-16)22-18-15-21(10-3-4-11-21)26-19-6-2-1-5-17(18)19/h1-2,5-6,16,18H,3-4,7-15H2,(H,22,23). The highest BCUT2D eigenvalue weighted by Gasteiger charge is 2.43. The summed E-state index contributed by atoms with van der Waals surface area (Å²) in [7, 11) is 0. The number of ether oxygens (including phenoxy) is 3. The van der Waals surface area contributed by atoms with E-state index in [-0.39, 0.29) is 23.7 Å². The molecule has 0 bridgehead atoms. The number of hydrogen-bond donors (Lipinski definition) is 1. The maximum Gasteiger partial charge on any atom is 0.222 e. The second-order valence-corrected chi connectivity index (χ2v) is 7.79. The van der Waals surface area contributed by atoms with E-state index in [2.05, 4.69) is 11.4 Å². The molecule has 0 aromatic heterocycles. The molecule has 5 nitrogen and oxygen atoms in total. The van der Waals surface area contributed by atoms with Gasteiger partial charge in [-0.25, -0.2) is 0 Å². The van der Waals surface area contributed by atoms with Gasteiger partial charge in [0.25, 0.3) is 0 Å². The summed E-state index contributed by atoms with van der Waals surface area (Å²) in [6.45, 7) is 2.00. The Balaban J connectivity index is 1.34. The molecule has 1 spiro atoms. The van der Waals surface area contributed by atoms with Crippen LogP contribution in [0.25, 0.3) is 0 Å². The molecule has 4 rings (SSSR count). The summed E-state index contributed by atoms with van der Waals surface area (Å²) in [6.07, 6.45) is 7.96. The molecule has 1 aromatic carbocycles. The number of carbonyl (C=O) groups excluding carboxylic acids is 1. The first kappa shape index (κ1) is 17.8. The Bertz CT molecular complexity index is 620. The van der Waals surface area contributed by atoms with Crippen molar-refractivity contribution in [3.63, 3.8) is 0 Å². The lowest BCUT2D eigenvalue weighted by Gasteiger charge is -2.40. The molecule has 1 N–H and O–H groups in total. The van der Waals surface area contributed by atoms with Crippen LogP contribution in [-0.4, -0.2) is 37.4 Å². The zero-order chi connectivity index (χ0) is 17.8. The van der Waals surface area contributed by atoms with E-state index in [9.17, 15) is 4.79 Å². The maximum absolute atomic E-state index is 12.5. The minimum absolute atomic E-state index is 0.0358. The fourth-order valence-corrected chi connectivity index (χ4v) is 4.50. The molecular weight excluding hydrogens is 330 g/mol. The summed E-state index contributed by atoms with van der Waals surface area (Å²) in [5, 5.41) is 3.24. The lowest BCUT2D eigenvalue weighted by molar-refractivity contribution is -0.124. The van der Waals surface area contributed by atoms with Crippen LogP contribution in [0.15, 0.2) is 24.3 Å². The first-order valence-corrected chi connectivity index (χ1v) is 10.0. The minimum Gasteiger partial charge on any atom is -0.487 e. The molecule has 142 valence electrons. The van der Waals surface area contributed by atoms with Gasteiger partial charge in [-0.05, 0) is 44.6 Å². The number of nitrogens with one attached hydrogen (secondary N) is 1. The van der Waals surface area contributed by atoms with Crippen molar-refractivity contribution in [1.82, 2.24) is 5.32 Å². The molecule has 26 heavy (non-hydrogen) atoms. The summed E-state index contributed by atoms with van der Waals surface area (Å²) in [5.74, 6) is 0.997. The Kier molecular flexibility index (Phi) is 5.46. The van der Waals surface area contributed by atoms with Crippen molar-refractivity contribution in [2.24, 2.45) is 0 Å². The molecule has 0 radical (unpaired) electrons. The van der Waals surface area contributed by atoms with E-state index in [1.54, 1.807) is 0 Å². The number of rotatable bonds is 5. The SMILES string of the molecule is O=C(CCOC1CCOCC1)NC1CC2(CCCC2)Oc2ccccc21. The van der Waals surface area contributed by atoms with E-state index in [4.69, 9.17) is 14.2 Å². The second kappa shape index (κ2) is 7.97. The van der Waals surface area contributed by atoms with E-state index >= 15 is 0 Å². The summed E-state index contributed by atoms with van der Waals surface area (Å²) in [5.41, 5.74) is 1.01. The van der Waals surface area contributed by atoms with Gasteiger partial charge in [-0.15, -0.1) is 0 Å². The molecule has 5 heteroatoms. The topological polar surface area (TPSA) is 56.8 Å². The van der Waals surface area contributed by atoms with Gasteiger partial charge in [-0.1, -0.05) is 18.2 Å². The van der Waals surface area contributed by atoms with Gasteiger partial charge in [0.15, 0.2) is 0 Å². The lowest BCUT2D eigenvalue weighted by Crippen LogP contribution is -2.43. The molecule has 2 fully saturated rings. The third-order valence-electron chi connectivity index (χ3n) is 5.90. The first-order valence-electron chi connectivity index (χ1n) is 10.0. The van der Waals surface area contributed by atoms with E-state index in [0.29, 0.717) is 13.0 Å². The Labute approximate surface area is 155 Å². The Hall–Kier alpha value is -1.59. The number of para-hydroxylation sites is 1. The monoisotopic (exact) mass is 359 g/mol. The summed E-state index contributed by atoms with van der Waals surface area (Å²) in [6, 6.07) is 8.16. The van der Waals surface area contributed by atoms with Crippen LogP contribution < -0.4 is 10.1 Å². The van der Waals surface area contributed by atoms with Crippen LogP contribution in [0.2, 0.25) is 0 Å². The molecule has 1 aromatic rings. The summed E-state index contributed by atoms with van der Waals surface area (Å²) in [4.78, 5) is 12.5. The average molecular weight is 359 g/mol. The average Bonchev–Trinajstić information content (AvgIpc) is 3.10. The van der Waals surface area contributed by atoms with E-state index in [1.807, 2.05) is 18.2 Å². The predicted octanol–water partition coefficient (Wildman–Crippen LogP) is 3.52. The third kappa shape index (κ3) is 4.04. The van der Waals surface area contributed by atoms with E-state index in [1.165, 1.54) is 12.8 Å². The molecule has 1 saturated carbocycles. The smallest absolute Gasteiger partial charge is 0.222 e. The highest BCUT2D eigenvalue weighted by Crippen LogP contribution is 2.46. The van der Waals surface area contributed by atoms with E-state index < -0.39 is 0 Å². The van der Waals surface area contributed by atoms with Crippen molar-refractivity contribution < 1.29 is 19.0 Å².